The van der Waals surface area contributed by atoms with Crippen LogP contribution in [0.4, 0.5) is 5.69 Å². The number of nitrogens with two attached hydrogens (primary N) is 1. The molecule has 1 aromatic heterocycles. The van der Waals surface area contributed by atoms with E-state index in [-0.39, 0.29) is 5.91 Å². The first kappa shape index (κ1) is 12.0. The van der Waals surface area contributed by atoms with Crippen molar-refractivity contribution in [2.45, 2.75) is 18.9 Å². The number of aromatic amines is 1. The van der Waals surface area contributed by atoms with Crippen molar-refractivity contribution in [1.82, 2.24) is 9.88 Å². The van der Waals surface area contributed by atoms with Gasteiger partial charge >= 0.3 is 0 Å². The molecule has 1 fully saturated rings. The maximum atomic E-state index is 12.5. The van der Waals surface area contributed by atoms with Crippen LogP contribution in [-0.2, 0) is 0 Å². The lowest BCUT2D eigenvalue weighted by molar-refractivity contribution is 0.0475. The quantitative estimate of drug-likeness (QED) is 0.676. The minimum absolute atomic E-state index is 0.0457. The molecule has 5 heteroatoms. The van der Waals surface area contributed by atoms with Crippen LogP contribution in [0, 0.1) is 0 Å². The predicted molar refractivity (Wildman–Crippen MR) is 73.9 cm³/mol. The molecule has 1 aromatic carbocycles. The van der Waals surface area contributed by atoms with Crippen molar-refractivity contribution in [3.8, 4) is 0 Å². The van der Waals surface area contributed by atoms with E-state index >= 15 is 0 Å². The number of hydrogen-bond donors (Lipinski definition) is 3. The van der Waals surface area contributed by atoms with Crippen molar-refractivity contribution in [2.24, 2.45) is 0 Å². The van der Waals surface area contributed by atoms with Gasteiger partial charge in [0.2, 0.25) is 0 Å². The fourth-order valence-corrected chi connectivity index (χ4v) is 2.62. The minimum Gasteiger partial charge on any atom is -0.399 e. The van der Waals surface area contributed by atoms with Gasteiger partial charge in [-0.05, 0) is 31.0 Å². The highest BCUT2D eigenvalue weighted by atomic mass is 16.3. The van der Waals surface area contributed by atoms with E-state index in [2.05, 4.69) is 4.98 Å². The van der Waals surface area contributed by atoms with E-state index in [0.717, 1.165) is 23.7 Å². The molecule has 2 aromatic rings. The Hall–Kier alpha value is -2.01. The molecule has 19 heavy (non-hydrogen) atoms. The van der Waals surface area contributed by atoms with Crippen molar-refractivity contribution >= 4 is 22.5 Å². The number of aliphatic hydroxyl groups excluding tert-OH is 1. The summed E-state index contributed by atoms with van der Waals surface area (Å²) >= 11 is 0. The molecule has 1 aliphatic heterocycles. The van der Waals surface area contributed by atoms with Crippen LogP contribution in [0.25, 0.3) is 10.9 Å². The molecule has 1 aliphatic rings. The molecule has 1 atom stereocenters. The topological polar surface area (TPSA) is 82.4 Å². The average Bonchev–Trinajstić information content (AvgIpc) is 2.80. The molecule has 5 nitrogen and oxygen atoms in total. The standard InChI is InChI=1S/C14H17N3O2/c15-9-3-4-13-11(6-9)12(7-16-13)14(19)17-5-1-2-10(18)8-17/h3-4,6-7,10,16,18H,1-2,5,8,15H2/t10-/m0/s1. The Morgan fingerprint density at radius 2 is 2.32 bits per heavy atom. The van der Waals surface area contributed by atoms with Crippen molar-refractivity contribution in [3.63, 3.8) is 0 Å². The highest BCUT2D eigenvalue weighted by molar-refractivity contribution is 6.07. The number of aromatic nitrogens is 1. The lowest BCUT2D eigenvalue weighted by Crippen LogP contribution is -2.42. The van der Waals surface area contributed by atoms with Crippen LogP contribution in [0.15, 0.2) is 24.4 Å². The fourth-order valence-electron chi connectivity index (χ4n) is 2.62. The molecule has 0 unspecified atom stereocenters. The Morgan fingerprint density at radius 1 is 1.47 bits per heavy atom. The average molecular weight is 259 g/mol. The van der Waals surface area contributed by atoms with Crippen molar-refractivity contribution in [3.05, 3.63) is 30.0 Å². The SMILES string of the molecule is Nc1ccc2[nH]cc(C(=O)N3CCC[C@H](O)C3)c2c1. The van der Waals surface area contributed by atoms with Crippen LogP contribution >= 0.6 is 0 Å². The summed E-state index contributed by atoms with van der Waals surface area (Å²) in [5.41, 5.74) is 7.93. The molecule has 0 radical (unpaired) electrons. The van der Waals surface area contributed by atoms with Gasteiger partial charge in [-0.25, -0.2) is 0 Å². The van der Waals surface area contributed by atoms with Crippen LogP contribution in [0.1, 0.15) is 23.2 Å². The second-order valence-corrected chi connectivity index (χ2v) is 5.05. The number of aliphatic hydroxyl groups is 1. The molecule has 4 N–H and O–H groups in total. The first-order valence-corrected chi connectivity index (χ1v) is 6.49. The molecule has 0 bridgehead atoms. The molecule has 1 amide bonds. The van der Waals surface area contributed by atoms with E-state index in [9.17, 15) is 9.90 Å². The van der Waals surface area contributed by atoms with Crippen molar-refractivity contribution in [2.75, 3.05) is 18.8 Å². The molecule has 100 valence electrons. The number of nitrogens with one attached hydrogen (secondary N) is 1. The summed E-state index contributed by atoms with van der Waals surface area (Å²) in [7, 11) is 0. The lowest BCUT2D eigenvalue weighted by atomic mass is 10.1. The highest BCUT2D eigenvalue weighted by Crippen LogP contribution is 2.23. The van der Waals surface area contributed by atoms with Gasteiger partial charge in [-0.1, -0.05) is 0 Å². The Kier molecular flexibility index (Phi) is 2.91. The number of amides is 1. The number of piperidine rings is 1. The summed E-state index contributed by atoms with van der Waals surface area (Å²) < 4.78 is 0. The monoisotopic (exact) mass is 259 g/mol. The van der Waals surface area contributed by atoms with E-state index in [1.54, 1.807) is 23.2 Å². The number of nitrogens with zero attached hydrogens (tertiary/aromatic N) is 1. The Labute approximate surface area is 111 Å². The zero-order valence-electron chi connectivity index (χ0n) is 10.6. The van der Waals surface area contributed by atoms with E-state index in [4.69, 9.17) is 5.73 Å². The van der Waals surface area contributed by atoms with Gasteiger partial charge in [0, 0.05) is 35.9 Å². The third-order valence-electron chi connectivity index (χ3n) is 3.62. The number of hydrogen-bond acceptors (Lipinski definition) is 3. The lowest BCUT2D eigenvalue weighted by Gasteiger charge is -2.30. The molecule has 0 saturated carbocycles. The molecule has 1 saturated heterocycles. The molecular formula is C14H17N3O2. The Balaban J connectivity index is 1.95. The molecule has 0 aliphatic carbocycles. The van der Waals surface area contributed by atoms with E-state index in [0.29, 0.717) is 24.3 Å². The number of anilines is 1. The minimum atomic E-state index is -0.409. The van der Waals surface area contributed by atoms with Gasteiger partial charge in [0.05, 0.1) is 11.7 Å². The first-order chi connectivity index (χ1) is 9.15. The third-order valence-corrected chi connectivity index (χ3v) is 3.62. The van der Waals surface area contributed by atoms with Crippen LogP contribution in [0.5, 0.6) is 0 Å². The summed E-state index contributed by atoms with van der Waals surface area (Å²) in [4.78, 5) is 17.3. The molecular weight excluding hydrogens is 242 g/mol. The number of likely N-dealkylation sites (tertiary alicyclic amines) is 1. The smallest absolute Gasteiger partial charge is 0.256 e. The first-order valence-electron chi connectivity index (χ1n) is 6.49. The zero-order valence-corrected chi connectivity index (χ0v) is 10.6. The van der Waals surface area contributed by atoms with Gasteiger partial charge in [-0.2, -0.15) is 0 Å². The van der Waals surface area contributed by atoms with E-state index in [1.807, 2.05) is 6.07 Å². The Morgan fingerprint density at radius 3 is 3.11 bits per heavy atom. The number of benzene rings is 1. The van der Waals surface area contributed by atoms with Gasteiger partial charge < -0.3 is 20.7 Å². The maximum Gasteiger partial charge on any atom is 0.256 e. The van der Waals surface area contributed by atoms with Crippen LogP contribution < -0.4 is 5.73 Å². The summed E-state index contributed by atoms with van der Waals surface area (Å²) in [5, 5.41) is 10.5. The molecule has 3 rings (SSSR count). The van der Waals surface area contributed by atoms with Gasteiger partial charge in [0.25, 0.3) is 5.91 Å². The zero-order chi connectivity index (χ0) is 13.4. The largest absolute Gasteiger partial charge is 0.399 e. The number of carbonyl (C=O) groups excluding carboxylic acids is 1. The highest BCUT2D eigenvalue weighted by Gasteiger charge is 2.24. The number of carbonyl (C=O) groups is 1. The summed E-state index contributed by atoms with van der Waals surface area (Å²) in [6.45, 7) is 1.11. The predicted octanol–water partition coefficient (Wildman–Crippen LogP) is 1.35. The second kappa shape index (κ2) is 4.59. The number of nitrogen functional groups attached to an aromatic ring is 1. The third kappa shape index (κ3) is 2.17. The number of β-amino-alcohol motifs (C(OH)–C–C–N with tert-alkyl or cyclic N) is 1. The second-order valence-electron chi connectivity index (χ2n) is 5.05. The van der Waals surface area contributed by atoms with Crippen molar-refractivity contribution < 1.29 is 9.90 Å². The van der Waals surface area contributed by atoms with Gasteiger partial charge in [0.1, 0.15) is 0 Å². The normalized spacial score (nSPS) is 19.8. The summed E-state index contributed by atoms with van der Waals surface area (Å²) in [5.74, 6) is -0.0457. The van der Waals surface area contributed by atoms with Gasteiger partial charge in [-0.3, -0.25) is 4.79 Å². The van der Waals surface area contributed by atoms with E-state index < -0.39 is 6.10 Å². The van der Waals surface area contributed by atoms with Crippen LogP contribution in [0.2, 0.25) is 0 Å². The molecule has 2 heterocycles. The maximum absolute atomic E-state index is 12.5. The van der Waals surface area contributed by atoms with Gasteiger partial charge in [0.15, 0.2) is 0 Å². The number of fused-ring (bicyclic) bond motifs is 1. The van der Waals surface area contributed by atoms with Crippen LogP contribution in [-0.4, -0.2) is 40.1 Å². The molecule has 0 spiro atoms. The Bertz CT molecular complexity index is 620. The van der Waals surface area contributed by atoms with E-state index in [1.165, 1.54) is 0 Å². The fraction of sp³-hybridized carbons (Fsp3) is 0.357. The van der Waals surface area contributed by atoms with Crippen LogP contribution in [0.3, 0.4) is 0 Å². The van der Waals surface area contributed by atoms with Crippen molar-refractivity contribution in [1.29, 1.82) is 0 Å². The summed E-state index contributed by atoms with van der Waals surface area (Å²) in [6.07, 6.45) is 2.92. The van der Waals surface area contributed by atoms with Gasteiger partial charge in [-0.15, -0.1) is 0 Å². The number of rotatable bonds is 1. The summed E-state index contributed by atoms with van der Waals surface area (Å²) in [6, 6.07) is 5.48. The number of H-pyrrole nitrogens is 1.